The molecule has 0 amide bonds. The van der Waals surface area contributed by atoms with Crippen LogP contribution in [0.15, 0.2) is 24.3 Å². The third-order valence-corrected chi connectivity index (χ3v) is 5.10. The van der Waals surface area contributed by atoms with Crippen molar-refractivity contribution in [1.29, 1.82) is 0 Å². The summed E-state index contributed by atoms with van der Waals surface area (Å²) in [6.45, 7) is 4.99. The van der Waals surface area contributed by atoms with Crippen molar-refractivity contribution in [3.05, 3.63) is 35.4 Å². The van der Waals surface area contributed by atoms with E-state index in [1.54, 1.807) is 31.2 Å². The molecule has 1 aliphatic carbocycles. The number of ketones is 2. The van der Waals surface area contributed by atoms with Gasteiger partial charge >= 0.3 is 0 Å². The number of benzene rings is 1. The highest BCUT2D eigenvalue weighted by Gasteiger charge is 2.58. The number of hydrogen-bond donors (Lipinski definition) is 1. The highest BCUT2D eigenvalue weighted by molar-refractivity contribution is 8.01. The maximum Gasteiger partial charge on any atom is 0.196 e. The lowest BCUT2D eigenvalue weighted by molar-refractivity contribution is 0.0201. The van der Waals surface area contributed by atoms with Gasteiger partial charge in [-0.2, -0.15) is 0 Å². The molecule has 4 heteroatoms. The highest BCUT2D eigenvalue weighted by Crippen LogP contribution is 2.44. The maximum atomic E-state index is 12.6. The van der Waals surface area contributed by atoms with Gasteiger partial charge in [-0.15, -0.1) is 11.8 Å². The van der Waals surface area contributed by atoms with E-state index in [1.807, 2.05) is 6.92 Å². The average molecular weight is 264 g/mol. The zero-order valence-electron chi connectivity index (χ0n) is 10.7. The van der Waals surface area contributed by atoms with Crippen molar-refractivity contribution in [2.75, 3.05) is 5.75 Å². The number of aliphatic hydroxyl groups is 1. The molecule has 1 aliphatic rings. The van der Waals surface area contributed by atoms with Gasteiger partial charge in [0.15, 0.2) is 11.6 Å². The van der Waals surface area contributed by atoms with Crippen molar-refractivity contribution >= 4 is 23.3 Å². The molecule has 96 valence electrons. The van der Waals surface area contributed by atoms with Crippen LogP contribution in [-0.4, -0.2) is 32.8 Å². The minimum Gasteiger partial charge on any atom is -0.380 e. The molecule has 1 N–H and O–H groups in total. The first-order valence-electron chi connectivity index (χ1n) is 5.91. The molecule has 1 aromatic carbocycles. The van der Waals surface area contributed by atoms with Gasteiger partial charge in [-0.05, 0) is 19.6 Å². The van der Waals surface area contributed by atoms with E-state index in [0.717, 1.165) is 0 Å². The number of hydrogen-bond acceptors (Lipinski definition) is 4. The van der Waals surface area contributed by atoms with E-state index in [0.29, 0.717) is 16.9 Å². The molecule has 18 heavy (non-hydrogen) atoms. The third-order valence-electron chi connectivity index (χ3n) is 3.65. The Morgan fingerprint density at radius 1 is 1.11 bits per heavy atom. The van der Waals surface area contributed by atoms with E-state index >= 15 is 0 Å². The summed E-state index contributed by atoms with van der Waals surface area (Å²) in [4.78, 5) is 24.9. The quantitative estimate of drug-likeness (QED) is 0.890. The summed E-state index contributed by atoms with van der Waals surface area (Å²) in [5, 5.41) is 10.5. The van der Waals surface area contributed by atoms with Gasteiger partial charge in [0.05, 0.1) is 0 Å². The van der Waals surface area contributed by atoms with Crippen LogP contribution in [0.25, 0.3) is 0 Å². The van der Waals surface area contributed by atoms with Gasteiger partial charge in [0.1, 0.15) is 10.3 Å². The molecule has 0 fully saturated rings. The van der Waals surface area contributed by atoms with Crippen molar-refractivity contribution in [1.82, 2.24) is 0 Å². The molecule has 0 heterocycles. The van der Waals surface area contributed by atoms with Crippen LogP contribution in [0.3, 0.4) is 0 Å². The Kier molecular flexibility index (Phi) is 3.11. The molecule has 1 aromatic rings. The molecule has 0 saturated heterocycles. The lowest BCUT2D eigenvalue weighted by Crippen LogP contribution is -2.61. The normalized spacial score (nSPS) is 31.3. The van der Waals surface area contributed by atoms with Gasteiger partial charge in [-0.25, -0.2) is 0 Å². The van der Waals surface area contributed by atoms with Gasteiger partial charge in [-0.3, -0.25) is 9.59 Å². The number of thioether (sulfide) groups is 1. The Labute approximate surface area is 111 Å². The van der Waals surface area contributed by atoms with Crippen LogP contribution in [-0.2, 0) is 0 Å². The first-order valence-corrected chi connectivity index (χ1v) is 6.89. The van der Waals surface area contributed by atoms with Gasteiger partial charge in [0, 0.05) is 11.1 Å². The number of rotatable bonds is 2. The molecular formula is C14H16O3S. The number of Topliss-reactive ketones (excluding diaryl/α,β-unsaturated/α-hetero) is 2. The largest absolute Gasteiger partial charge is 0.380 e. The van der Waals surface area contributed by atoms with Gasteiger partial charge in [-0.1, -0.05) is 31.2 Å². The van der Waals surface area contributed by atoms with E-state index in [4.69, 9.17) is 0 Å². The van der Waals surface area contributed by atoms with Crippen LogP contribution >= 0.6 is 11.8 Å². The van der Waals surface area contributed by atoms with Crippen LogP contribution in [0.5, 0.6) is 0 Å². The average Bonchev–Trinajstić information content (AvgIpc) is 2.35. The monoisotopic (exact) mass is 264 g/mol. The molecule has 0 saturated carbocycles. The zero-order valence-corrected chi connectivity index (χ0v) is 11.5. The van der Waals surface area contributed by atoms with Crippen molar-refractivity contribution in [3.63, 3.8) is 0 Å². The van der Waals surface area contributed by atoms with E-state index in [2.05, 4.69) is 0 Å². The number of carbonyl (C=O) groups is 2. The summed E-state index contributed by atoms with van der Waals surface area (Å²) in [5.41, 5.74) is -0.932. The Hall–Kier alpha value is -1.13. The first-order chi connectivity index (χ1) is 8.36. The Balaban J connectivity index is 2.68. The second-order valence-corrected chi connectivity index (χ2v) is 6.42. The van der Waals surface area contributed by atoms with Gasteiger partial charge < -0.3 is 5.11 Å². The van der Waals surface area contributed by atoms with Crippen molar-refractivity contribution < 1.29 is 14.7 Å². The molecule has 2 atom stereocenters. The second-order valence-electron chi connectivity index (χ2n) is 4.74. The Bertz CT molecular complexity index is 522. The molecule has 3 nitrogen and oxygen atoms in total. The van der Waals surface area contributed by atoms with Crippen molar-refractivity contribution in [3.8, 4) is 0 Å². The molecule has 0 bridgehead atoms. The van der Waals surface area contributed by atoms with Crippen LogP contribution in [0.2, 0.25) is 0 Å². The lowest BCUT2D eigenvalue weighted by Gasteiger charge is -2.43. The second kappa shape index (κ2) is 4.21. The predicted octanol–water partition coefficient (Wildman–Crippen LogP) is 2.33. The Morgan fingerprint density at radius 2 is 1.61 bits per heavy atom. The van der Waals surface area contributed by atoms with Crippen LogP contribution in [0.1, 0.15) is 41.5 Å². The van der Waals surface area contributed by atoms with Gasteiger partial charge in [0.2, 0.25) is 0 Å². The predicted molar refractivity (Wildman–Crippen MR) is 72.3 cm³/mol. The van der Waals surface area contributed by atoms with Crippen LogP contribution < -0.4 is 0 Å². The van der Waals surface area contributed by atoms with E-state index in [-0.39, 0.29) is 11.6 Å². The van der Waals surface area contributed by atoms with Gasteiger partial charge in [0.25, 0.3) is 0 Å². The smallest absolute Gasteiger partial charge is 0.196 e. The lowest BCUT2D eigenvalue weighted by atomic mass is 9.72. The fraction of sp³-hybridized carbons (Fsp3) is 0.429. The maximum absolute atomic E-state index is 12.6. The molecule has 0 unspecified atom stereocenters. The molecule has 0 spiro atoms. The molecule has 0 radical (unpaired) electrons. The zero-order chi connectivity index (χ0) is 13.6. The van der Waals surface area contributed by atoms with E-state index in [1.165, 1.54) is 18.7 Å². The fourth-order valence-corrected chi connectivity index (χ4v) is 3.52. The summed E-state index contributed by atoms with van der Waals surface area (Å²) in [6, 6.07) is 6.69. The molecular weight excluding hydrogens is 248 g/mol. The van der Waals surface area contributed by atoms with Crippen LogP contribution in [0.4, 0.5) is 0 Å². The minimum absolute atomic E-state index is 0.172. The molecule has 0 aromatic heterocycles. The summed E-state index contributed by atoms with van der Waals surface area (Å²) in [6.07, 6.45) is 0. The summed E-state index contributed by atoms with van der Waals surface area (Å²) < 4.78 is -1.12. The number of fused-ring (bicyclic) bond motifs is 1. The summed E-state index contributed by atoms with van der Waals surface area (Å²) in [7, 11) is 0. The standard InChI is InChI=1S/C14H16O3S/c1-4-18-14(3)12(16)10-8-6-5-7-9(10)11(15)13(14,2)17/h5-8,17H,4H2,1-3H3/t13-,14+/m1/s1. The van der Waals surface area contributed by atoms with E-state index < -0.39 is 10.3 Å². The molecule has 0 aliphatic heterocycles. The number of carbonyl (C=O) groups excluding carboxylic acids is 2. The SMILES string of the molecule is CCS[C@@]1(C)C(=O)c2ccccc2C(=O)[C@@]1(C)O. The Morgan fingerprint density at radius 3 is 2.11 bits per heavy atom. The summed E-state index contributed by atoms with van der Waals surface area (Å²) in [5.74, 6) is 0.115. The topological polar surface area (TPSA) is 54.4 Å². The van der Waals surface area contributed by atoms with Crippen molar-refractivity contribution in [2.45, 2.75) is 31.1 Å². The minimum atomic E-state index is -1.67. The van der Waals surface area contributed by atoms with Crippen LogP contribution in [0, 0.1) is 0 Å². The fourth-order valence-electron chi connectivity index (χ4n) is 2.33. The molecule has 2 rings (SSSR count). The third kappa shape index (κ3) is 1.56. The summed E-state index contributed by atoms with van der Waals surface area (Å²) >= 11 is 1.32. The highest BCUT2D eigenvalue weighted by atomic mass is 32.2. The van der Waals surface area contributed by atoms with Crippen molar-refractivity contribution in [2.24, 2.45) is 0 Å². The first kappa shape index (κ1) is 13.3. The van der Waals surface area contributed by atoms with E-state index in [9.17, 15) is 14.7 Å².